The third-order valence-electron chi connectivity index (χ3n) is 3.42. The van der Waals surface area contributed by atoms with Crippen molar-refractivity contribution in [1.82, 2.24) is 9.88 Å². The minimum atomic E-state index is -0.0552. The molecule has 2 rings (SSSR count). The van der Waals surface area contributed by atoms with Gasteiger partial charge in [-0.25, -0.2) is 4.98 Å². The third kappa shape index (κ3) is 2.95. The van der Waals surface area contributed by atoms with Gasteiger partial charge in [0.2, 0.25) is 0 Å². The van der Waals surface area contributed by atoms with Crippen LogP contribution in [0.3, 0.4) is 0 Å². The predicted octanol–water partition coefficient (Wildman–Crippen LogP) is 2.36. The predicted molar refractivity (Wildman–Crippen MR) is 84.3 cm³/mol. The summed E-state index contributed by atoms with van der Waals surface area (Å²) in [6, 6.07) is 0.109. The van der Waals surface area contributed by atoms with Crippen molar-refractivity contribution in [2.45, 2.75) is 32.7 Å². The highest BCUT2D eigenvalue weighted by Gasteiger charge is 2.25. The maximum absolute atomic E-state index is 12.6. The molecule has 1 aliphatic rings. The first-order chi connectivity index (χ1) is 9.54. The molecule has 0 atom stereocenters. The van der Waals surface area contributed by atoms with E-state index in [9.17, 15) is 4.79 Å². The second-order valence-electron chi connectivity index (χ2n) is 5.24. The fourth-order valence-electron chi connectivity index (χ4n) is 2.31. The highest BCUT2D eigenvalue weighted by molar-refractivity contribution is 7.18. The summed E-state index contributed by atoms with van der Waals surface area (Å²) in [5.41, 5.74) is 5.94. The largest absolute Gasteiger partial charge is 0.382 e. The molecule has 20 heavy (non-hydrogen) atoms. The van der Waals surface area contributed by atoms with Gasteiger partial charge >= 0.3 is 0 Å². The number of nitrogens with zero attached hydrogens (tertiary/aromatic N) is 3. The van der Waals surface area contributed by atoms with Crippen LogP contribution >= 0.6 is 11.3 Å². The molecule has 110 valence electrons. The number of nitrogen functional groups attached to an aromatic ring is 1. The van der Waals surface area contributed by atoms with E-state index in [-0.39, 0.29) is 11.9 Å². The number of carbonyl (C=O) groups excluding carboxylic acids is 1. The lowest BCUT2D eigenvalue weighted by Crippen LogP contribution is -2.36. The molecule has 1 saturated heterocycles. The van der Waals surface area contributed by atoms with E-state index in [2.05, 4.69) is 16.5 Å². The number of rotatable bonds is 5. The quantitative estimate of drug-likeness (QED) is 0.847. The SMILES string of the molecule is C=CCN(C(=O)c1sc(N2CCCC2)nc1N)C(C)C. The van der Waals surface area contributed by atoms with Crippen LogP contribution in [0, 0.1) is 0 Å². The maximum atomic E-state index is 12.6. The Morgan fingerprint density at radius 2 is 2.20 bits per heavy atom. The number of aromatic nitrogens is 1. The third-order valence-corrected chi connectivity index (χ3v) is 4.54. The molecule has 1 aromatic rings. The minimum absolute atomic E-state index is 0.0552. The smallest absolute Gasteiger partial charge is 0.268 e. The molecule has 2 N–H and O–H groups in total. The summed E-state index contributed by atoms with van der Waals surface area (Å²) in [7, 11) is 0. The molecular formula is C14H22N4OS. The van der Waals surface area contributed by atoms with Gasteiger partial charge in [-0.1, -0.05) is 17.4 Å². The van der Waals surface area contributed by atoms with E-state index in [1.807, 2.05) is 13.8 Å². The second kappa shape index (κ2) is 6.26. The van der Waals surface area contributed by atoms with Gasteiger partial charge in [0.05, 0.1) is 0 Å². The van der Waals surface area contributed by atoms with Gasteiger partial charge in [0, 0.05) is 25.7 Å². The van der Waals surface area contributed by atoms with Crippen molar-refractivity contribution in [3.8, 4) is 0 Å². The summed E-state index contributed by atoms with van der Waals surface area (Å²) in [6.07, 6.45) is 4.09. The fourth-order valence-corrected chi connectivity index (χ4v) is 3.31. The van der Waals surface area contributed by atoms with Crippen LogP contribution in [0.5, 0.6) is 0 Å². The Bertz CT molecular complexity index is 491. The zero-order chi connectivity index (χ0) is 14.7. The fraction of sp³-hybridized carbons (Fsp3) is 0.571. The van der Waals surface area contributed by atoms with E-state index in [0.717, 1.165) is 18.2 Å². The molecule has 1 fully saturated rings. The zero-order valence-electron chi connectivity index (χ0n) is 12.1. The highest BCUT2D eigenvalue weighted by Crippen LogP contribution is 2.31. The zero-order valence-corrected chi connectivity index (χ0v) is 12.9. The number of carbonyl (C=O) groups is 1. The number of amides is 1. The Balaban J connectivity index is 2.22. The van der Waals surface area contributed by atoms with Crippen molar-refractivity contribution in [3.63, 3.8) is 0 Å². The Morgan fingerprint density at radius 1 is 1.55 bits per heavy atom. The number of thiazole rings is 1. The average molecular weight is 294 g/mol. The van der Waals surface area contributed by atoms with E-state index in [1.165, 1.54) is 24.2 Å². The van der Waals surface area contributed by atoms with Crippen LogP contribution in [0.4, 0.5) is 10.9 Å². The van der Waals surface area contributed by atoms with Crippen LogP contribution < -0.4 is 10.6 Å². The van der Waals surface area contributed by atoms with Crippen molar-refractivity contribution < 1.29 is 4.79 Å². The topological polar surface area (TPSA) is 62.5 Å². The molecule has 1 aliphatic heterocycles. The Labute approximate surface area is 124 Å². The van der Waals surface area contributed by atoms with Crippen molar-refractivity contribution in [1.29, 1.82) is 0 Å². The molecule has 0 unspecified atom stereocenters. The van der Waals surface area contributed by atoms with Crippen LogP contribution in [0.15, 0.2) is 12.7 Å². The molecule has 6 heteroatoms. The van der Waals surface area contributed by atoms with Crippen molar-refractivity contribution in [2.24, 2.45) is 0 Å². The molecule has 1 aromatic heterocycles. The molecule has 0 bridgehead atoms. The molecule has 0 saturated carbocycles. The lowest BCUT2D eigenvalue weighted by molar-refractivity contribution is 0.0734. The molecule has 1 amide bonds. The lowest BCUT2D eigenvalue weighted by atomic mass is 10.3. The maximum Gasteiger partial charge on any atom is 0.268 e. The molecule has 0 aliphatic carbocycles. The number of nitrogens with two attached hydrogens (primary N) is 1. The number of hydrogen-bond acceptors (Lipinski definition) is 5. The molecule has 0 aromatic carbocycles. The van der Waals surface area contributed by atoms with Crippen LogP contribution in [-0.4, -0.2) is 41.5 Å². The lowest BCUT2D eigenvalue weighted by Gasteiger charge is -2.24. The average Bonchev–Trinajstić information content (AvgIpc) is 3.03. The molecule has 5 nitrogen and oxygen atoms in total. The van der Waals surface area contributed by atoms with E-state index in [4.69, 9.17) is 5.73 Å². The van der Waals surface area contributed by atoms with Gasteiger partial charge in [-0.05, 0) is 26.7 Å². The van der Waals surface area contributed by atoms with Gasteiger partial charge in [-0.15, -0.1) is 6.58 Å². The molecular weight excluding hydrogens is 272 g/mol. The van der Waals surface area contributed by atoms with E-state index >= 15 is 0 Å². The van der Waals surface area contributed by atoms with Gasteiger partial charge in [0.25, 0.3) is 5.91 Å². The summed E-state index contributed by atoms with van der Waals surface area (Å²) in [6.45, 7) is 10.2. The second-order valence-corrected chi connectivity index (χ2v) is 6.22. The van der Waals surface area contributed by atoms with Crippen molar-refractivity contribution >= 4 is 28.2 Å². The Kier molecular flexibility index (Phi) is 4.65. The first-order valence-electron chi connectivity index (χ1n) is 6.97. The Morgan fingerprint density at radius 3 is 2.75 bits per heavy atom. The van der Waals surface area contributed by atoms with Gasteiger partial charge < -0.3 is 15.5 Å². The van der Waals surface area contributed by atoms with Crippen LogP contribution in [0.2, 0.25) is 0 Å². The minimum Gasteiger partial charge on any atom is -0.382 e. The highest BCUT2D eigenvalue weighted by atomic mass is 32.1. The summed E-state index contributed by atoms with van der Waals surface area (Å²) >= 11 is 1.40. The first-order valence-corrected chi connectivity index (χ1v) is 7.79. The van der Waals surface area contributed by atoms with Gasteiger partial charge in [-0.3, -0.25) is 4.79 Å². The van der Waals surface area contributed by atoms with Crippen LogP contribution in [0.1, 0.15) is 36.4 Å². The van der Waals surface area contributed by atoms with Gasteiger partial charge in [-0.2, -0.15) is 0 Å². The molecule has 0 radical (unpaired) electrons. The van der Waals surface area contributed by atoms with Crippen LogP contribution in [-0.2, 0) is 0 Å². The van der Waals surface area contributed by atoms with Crippen molar-refractivity contribution in [3.05, 3.63) is 17.5 Å². The Hall–Kier alpha value is -1.56. The number of hydrogen-bond donors (Lipinski definition) is 1. The summed E-state index contributed by atoms with van der Waals surface area (Å²) in [5, 5.41) is 0.866. The van der Waals surface area contributed by atoms with Crippen molar-refractivity contribution in [2.75, 3.05) is 30.3 Å². The standard InChI is InChI=1S/C14H22N4OS/c1-4-7-18(10(2)3)13(19)11-12(15)16-14(20-11)17-8-5-6-9-17/h4,10H,1,5-9,15H2,2-3H3. The summed E-state index contributed by atoms with van der Waals surface area (Å²) in [4.78, 5) is 21.4. The normalized spacial score (nSPS) is 14.8. The summed E-state index contributed by atoms with van der Waals surface area (Å²) < 4.78 is 0. The van der Waals surface area contributed by atoms with E-state index < -0.39 is 0 Å². The van der Waals surface area contributed by atoms with E-state index in [0.29, 0.717) is 17.2 Å². The number of anilines is 2. The van der Waals surface area contributed by atoms with Crippen LogP contribution in [0.25, 0.3) is 0 Å². The van der Waals surface area contributed by atoms with Gasteiger partial charge in [0.15, 0.2) is 5.13 Å². The van der Waals surface area contributed by atoms with E-state index in [1.54, 1.807) is 11.0 Å². The summed E-state index contributed by atoms with van der Waals surface area (Å²) in [5.74, 6) is 0.289. The molecule has 2 heterocycles. The molecule has 0 spiro atoms. The first kappa shape index (κ1) is 14.8. The monoisotopic (exact) mass is 294 g/mol. The van der Waals surface area contributed by atoms with Gasteiger partial charge in [0.1, 0.15) is 10.7 Å².